The minimum atomic E-state index is 0.245. The summed E-state index contributed by atoms with van der Waals surface area (Å²) in [6.07, 6.45) is 0. The van der Waals surface area contributed by atoms with Gasteiger partial charge in [-0.1, -0.05) is 24.3 Å². The summed E-state index contributed by atoms with van der Waals surface area (Å²) >= 11 is 0. The van der Waals surface area contributed by atoms with E-state index in [1.807, 2.05) is 31.2 Å². The van der Waals surface area contributed by atoms with Crippen LogP contribution in [-0.2, 0) is 0 Å². The van der Waals surface area contributed by atoms with E-state index in [-0.39, 0.29) is 5.75 Å². The smallest absolute Gasteiger partial charge is 0.119 e. The molecule has 0 aliphatic heterocycles. The highest BCUT2D eigenvalue weighted by Crippen LogP contribution is 2.26. The van der Waals surface area contributed by atoms with Crippen LogP contribution < -0.4 is 0 Å². The van der Waals surface area contributed by atoms with Crippen LogP contribution in [0, 0.1) is 6.92 Å². The topological polar surface area (TPSA) is 40.5 Å². The third-order valence-corrected chi connectivity index (χ3v) is 2.41. The first kappa shape index (κ1) is 9.59. The molecule has 0 bridgehead atoms. The quantitative estimate of drug-likeness (QED) is 0.742. The molecule has 0 radical (unpaired) electrons. The van der Waals surface area contributed by atoms with E-state index in [1.165, 1.54) is 0 Å². The average Bonchev–Trinajstić information content (AvgIpc) is 2.23. The van der Waals surface area contributed by atoms with Gasteiger partial charge in [0.1, 0.15) is 11.5 Å². The molecule has 0 spiro atoms. The number of hydrogen-bond donors (Lipinski definition) is 2. The number of phenols is 2. The van der Waals surface area contributed by atoms with Crippen molar-refractivity contribution in [1.29, 1.82) is 0 Å². The molecule has 0 heterocycles. The number of benzene rings is 2. The lowest BCUT2D eigenvalue weighted by Crippen LogP contribution is -1.79. The standard InChI is InChI=1S/C13H12O2/c1-9-2-3-11(8-13(9)15)10-4-6-12(14)7-5-10/h2-8,14-15H,1H3. The van der Waals surface area contributed by atoms with Gasteiger partial charge in [0.05, 0.1) is 0 Å². The first-order chi connectivity index (χ1) is 7.16. The van der Waals surface area contributed by atoms with Crippen molar-refractivity contribution in [3.8, 4) is 22.6 Å². The summed E-state index contributed by atoms with van der Waals surface area (Å²) in [5.41, 5.74) is 2.78. The highest BCUT2D eigenvalue weighted by atomic mass is 16.3. The van der Waals surface area contributed by atoms with E-state index in [2.05, 4.69) is 0 Å². The van der Waals surface area contributed by atoms with E-state index < -0.39 is 0 Å². The van der Waals surface area contributed by atoms with Gasteiger partial charge in [0.25, 0.3) is 0 Å². The minimum absolute atomic E-state index is 0.245. The first-order valence-electron chi connectivity index (χ1n) is 4.76. The monoisotopic (exact) mass is 200 g/mol. The summed E-state index contributed by atoms with van der Waals surface area (Å²) in [6.45, 7) is 1.86. The maximum absolute atomic E-state index is 9.57. The van der Waals surface area contributed by atoms with E-state index in [0.717, 1.165) is 16.7 Å². The number of hydrogen-bond acceptors (Lipinski definition) is 2. The van der Waals surface area contributed by atoms with Crippen LogP contribution in [0.25, 0.3) is 11.1 Å². The number of rotatable bonds is 1. The van der Waals surface area contributed by atoms with Crippen LogP contribution in [0.4, 0.5) is 0 Å². The molecule has 0 atom stereocenters. The molecule has 0 aliphatic rings. The van der Waals surface area contributed by atoms with E-state index in [0.29, 0.717) is 5.75 Å². The molecule has 2 heteroatoms. The van der Waals surface area contributed by atoms with Gasteiger partial charge in [0.2, 0.25) is 0 Å². The van der Waals surface area contributed by atoms with Gasteiger partial charge in [-0.05, 0) is 41.8 Å². The van der Waals surface area contributed by atoms with Crippen molar-refractivity contribution in [2.24, 2.45) is 0 Å². The minimum Gasteiger partial charge on any atom is -0.508 e. The molecule has 0 unspecified atom stereocenters. The summed E-state index contributed by atoms with van der Waals surface area (Å²) in [4.78, 5) is 0. The van der Waals surface area contributed by atoms with E-state index >= 15 is 0 Å². The van der Waals surface area contributed by atoms with E-state index in [4.69, 9.17) is 5.11 Å². The molecule has 0 aromatic heterocycles. The fraction of sp³-hybridized carbons (Fsp3) is 0.0769. The summed E-state index contributed by atoms with van der Waals surface area (Å²) < 4.78 is 0. The largest absolute Gasteiger partial charge is 0.508 e. The zero-order chi connectivity index (χ0) is 10.8. The lowest BCUT2D eigenvalue weighted by Gasteiger charge is -2.04. The molecule has 0 aliphatic carbocycles. The maximum atomic E-state index is 9.57. The van der Waals surface area contributed by atoms with E-state index in [9.17, 15) is 5.11 Å². The Morgan fingerprint density at radius 1 is 0.800 bits per heavy atom. The highest BCUT2D eigenvalue weighted by Gasteiger charge is 2.01. The molecule has 2 aromatic carbocycles. The van der Waals surface area contributed by atoms with Crippen LogP contribution in [0.3, 0.4) is 0 Å². The van der Waals surface area contributed by atoms with Crippen molar-refractivity contribution in [2.45, 2.75) is 6.92 Å². The van der Waals surface area contributed by atoms with Crippen molar-refractivity contribution in [3.63, 3.8) is 0 Å². The van der Waals surface area contributed by atoms with Crippen molar-refractivity contribution >= 4 is 0 Å². The second-order valence-electron chi connectivity index (χ2n) is 3.55. The fourth-order valence-electron chi connectivity index (χ4n) is 1.44. The Hall–Kier alpha value is -1.96. The molecule has 2 aromatic rings. The lowest BCUT2D eigenvalue weighted by atomic mass is 10.0. The Morgan fingerprint density at radius 2 is 1.40 bits per heavy atom. The van der Waals surface area contributed by atoms with Crippen LogP contribution in [0.2, 0.25) is 0 Å². The van der Waals surface area contributed by atoms with Crippen LogP contribution in [0.1, 0.15) is 5.56 Å². The summed E-state index contributed by atoms with van der Waals surface area (Å²) in [5.74, 6) is 0.538. The van der Waals surface area contributed by atoms with Crippen LogP contribution in [0.15, 0.2) is 42.5 Å². The Bertz CT molecular complexity index is 472. The Kier molecular flexibility index (Phi) is 2.34. The van der Waals surface area contributed by atoms with Gasteiger partial charge in [-0.3, -0.25) is 0 Å². The normalized spacial score (nSPS) is 10.2. The second kappa shape index (κ2) is 3.65. The average molecular weight is 200 g/mol. The zero-order valence-electron chi connectivity index (χ0n) is 8.44. The van der Waals surface area contributed by atoms with Crippen LogP contribution in [-0.4, -0.2) is 10.2 Å². The number of aromatic hydroxyl groups is 2. The third-order valence-electron chi connectivity index (χ3n) is 2.41. The van der Waals surface area contributed by atoms with Crippen molar-refractivity contribution < 1.29 is 10.2 Å². The summed E-state index contributed by atoms with van der Waals surface area (Å²) in [5, 5.41) is 18.7. The van der Waals surface area contributed by atoms with Crippen LogP contribution in [0.5, 0.6) is 11.5 Å². The first-order valence-corrected chi connectivity index (χ1v) is 4.76. The molecule has 2 rings (SSSR count). The summed E-state index contributed by atoms with van der Waals surface area (Å²) in [7, 11) is 0. The highest BCUT2D eigenvalue weighted by molar-refractivity contribution is 5.66. The van der Waals surface area contributed by atoms with Gasteiger partial charge >= 0.3 is 0 Å². The molecular formula is C13H12O2. The predicted octanol–water partition coefficient (Wildman–Crippen LogP) is 3.07. The SMILES string of the molecule is Cc1ccc(-c2ccc(O)cc2)cc1O. The number of aryl methyl sites for hydroxylation is 1. The van der Waals surface area contributed by atoms with Gasteiger partial charge in [-0.2, -0.15) is 0 Å². The fourth-order valence-corrected chi connectivity index (χ4v) is 1.44. The third kappa shape index (κ3) is 1.94. The molecule has 0 saturated carbocycles. The zero-order valence-corrected chi connectivity index (χ0v) is 8.44. The van der Waals surface area contributed by atoms with Gasteiger partial charge in [0, 0.05) is 0 Å². The Balaban J connectivity index is 2.45. The predicted molar refractivity (Wildman–Crippen MR) is 59.9 cm³/mol. The molecule has 0 amide bonds. The van der Waals surface area contributed by atoms with Crippen molar-refractivity contribution in [2.75, 3.05) is 0 Å². The molecule has 2 nitrogen and oxygen atoms in total. The van der Waals surface area contributed by atoms with Gasteiger partial charge < -0.3 is 10.2 Å². The molecule has 15 heavy (non-hydrogen) atoms. The van der Waals surface area contributed by atoms with Gasteiger partial charge in [-0.15, -0.1) is 0 Å². The maximum Gasteiger partial charge on any atom is 0.119 e. The molecule has 76 valence electrons. The molecular weight excluding hydrogens is 188 g/mol. The molecule has 0 saturated heterocycles. The van der Waals surface area contributed by atoms with Gasteiger partial charge in [0.15, 0.2) is 0 Å². The second-order valence-corrected chi connectivity index (χ2v) is 3.55. The van der Waals surface area contributed by atoms with Gasteiger partial charge in [-0.25, -0.2) is 0 Å². The lowest BCUT2D eigenvalue weighted by molar-refractivity contribution is 0.471. The Morgan fingerprint density at radius 3 is 2.00 bits per heavy atom. The van der Waals surface area contributed by atoms with Crippen LogP contribution >= 0.6 is 0 Å². The van der Waals surface area contributed by atoms with Crippen molar-refractivity contribution in [1.82, 2.24) is 0 Å². The van der Waals surface area contributed by atoms with E-state index in [1.54, 1.807) is 18.2 Å². The Labute approximate surface area is 88.4 Å². The molecule has 0 fully saturated rings. The number of phenolic OH excluding ortho intramolecular Hbond substituents is 2. The summed E-state index contributed by atoms with van der Waals surface area (Å²) in [6, 6.07) is 12.4. The van der Waals surface area contributed by atoms with Crippen molar-refractivity contribution in [3.05, 3.63) is 48.0 Å². The molecule has 2 N–H and O–H groups in total.